The molecule has 184 valence electrons. The molecule has 0 radical (unpaired) electrons. The van der Waals surface area contributed by atoms with E-state index in [4.69, 9.17) is 14.2 Å². The van der Waals surface area contributed by atoms with Gasteiger partial charge in [0.15, 0.2) is 11.5 Å². The van der Waals surface area contributed by atoms with Gasteiger partial charge < -0.3 is 19.5 Å². The van der Waals surface area contributed by atoms with Crippen LogP contribution in [0.5, 0.6) is 11.5 Å². The number of sulfonamides is 1. The number of nitrogens with zero attached hydrogens (tertiary/aromatic N) is 2. The van der Waals surface area contributed by atoms with E-state index in [1.807, 2.05) is 0 Å². The second-order valence-electron chi connectivity index (χ2n) is 7.56. The maximum Gasteiger partial charge on any atom is 0.286 e. The SMILES string of the molecule is COCCOc1cc([N+](=O)[O-])c(C(=O)Nc2ccc(S(=O)(=O)N3CCCCC3)cc2)cc1OC. The van der Waals surface area contributed by atoms with E-state index >= 15 is 0 Å². The summed E-state index contributed by atoms with van der Waals surface area (Å²) in [7, 11) is -0.762. The molecule has 0 aromatic heterocycles. The largest absolute Gasteiger partial charge is 0.493 e. The quantitative estimate of drug-likeness (QED) is 0.303. The van der Waals surface area contributed by atoms with Crippen LogP contribution in [0.4, 0.5) is 11.4 Å². The molecule has 3 rings (SSSR count). The van der Waals surface area contributed by atoms with Gasteiger partial charge in [-0.3, -0.25) is 14.9 Å². The number of amides is 1. The third-order valence-corrected chi connectivity index (χ3v) is 7.25. The Balaban J connectivity index is 1.81. The van der Waals surface area contributed by atoms with E-state index in [0.29, 0.717) is 13.1 Å². The third kappa shape index (κ3) is 5.82. The molecule has 1 N–H and O–H groups in total. The molecule has 1 aliphatic rings. The highest BCUT2D eigenvalue weighted by atomic mass is 32.2. The number of benzene rings is 2. The number of nitro benzene ring substituents is 1. The van der Waals surface area contributed by atoms with E-state index in [-0.39, 0.29) is 40.9 Å². The van der Waals surface area contributed by atoms with Gasteiger partial charge in [0.2, 0.25) is 10.0 Å². The Morgan fingerprint density at radius 1 is 1.06 bits per heavy atom. The van der Waals surface area contributed by atoms with Crippen molar-refractivity contribution in [3.8, 4) is 11.5 Å². The lowest BCUT2D eigenvalue weighted by molar-refractivity contribution is -0.385. The van der Waals surface area contributed by atoms with Gasteiger partial charge in [-0.25, -0.2) is 8.42 Å². The lowest BCUT2D eigenvalue weighted by atomic mass is 10.1. The van der Waals surface area contributed by atoms with Crippen molar-refractivity contribution in [3.63, 3.8) is 0 Å². The Bertz CT molecular complexity index is 1130. The zero-order chi connectivity index (χ0) is 24.7. The minimum atomic E-state index is -3.61. The van der Waals surface area contributed by atoms with E-state index in [1.165, 1.54) is 48.9 Å². The maximum atomic E-state index is 12.8. The first-order valence-electron chi connectivity index (χ1n) is 10.7. The third-order valence-electron chi connectivity index (χ3n) is 5.33. The number of carbonyl (C=O) groups is 1. The average Bonchev–Trinajstić information content (AvgIpc) is 2.84. The molecule has 12 heteroatoms. The lowest BCUT2D eigenvalue weighted by Crippen LogP contribution is -2.35. The molecule has 11 nitrogen and oxygen atoms in total. The molecule has 34 heavy (non-hydrogen) atoms. The average molecular weight is 494 g/mol. The number of anilines is 1. The Morgan fingerprint density at radius 2 is 1.74 bits per heavy atom. The highest BCUT2D eigenvalue weighted by Gasteiger charge is 2.27. The van der Waals surface area contributed by atoms with Gasteiger partial charge in [-0.15, -0.1) is 0 Å². The number of hydrogen-bond donors (Lipinski definition) is 1. The van der Waals surface area contributed by atoms with Gasteiger partial charge in [0.1, 0.15) is 12.2 Å². The normalized spacial score (nSPS) is 14.4. The monoisotopic (exact) mass is 493 g/mol. The summed E-state index contributed by atoms with van der Waals surface area (Å²) in [6.07, 6.45) is 2.66. The summed E-state index contributed by atoms with van der Waals surface area (Å²) >= 11 is 0. The van der Waals surface area contributed by atoms with Crippen LogP contribution >= 0.6 is 0 Å². The number of piperidine rings is 1. The van der Waals surface area contributed by atoms with Crippen molar-refractivity contribution in [1.29, 1.82) is 0 Å². The van der Waals surface area contributed by atoms with Gasteiger partial charge in [0.05, 0.1) is 29.6 Å². The van der Waals surface area contributed by atoms with Gasteiger partial charge >= 0.3 is 0 Å². The van der Waals surface area contributed by atoms with E-state index in [2.05, 4.69) is 5.32 Å². The number of carbonyl (C=O) groups excluding carboxylic acids is 1. The number of nitrogens with one attached hydrogen (secondary N) is 1. The van der Waals surface area contributed by atoms with Crippen molar-refractivity contribution < 1.29 is 32.3 Å². The molecule has 1 saturated heterocycles. The summed E-state index contributed by atoms with van der Waals surface area (Å²) in [5.74, 6) is -0.495. The van der Waals surface area contributed by atoms with Crippen LogP contribution in [-0.4, -0.2) is 64.1 Å². The van der Waals surface area contributed by atoms with E-state index in [0.717, 1.165) is 25.3 Å². The summed E-state index contributed by atoms with van der Waals surface area (Å²) in [6.45, 7) is 1.37. The molecule has 0 bridgehead atoms. The molecular formula is C22H27N3O8S. The molecule has 0 aliphatic carbocycles. The molecular weight excluding hydrogens is 466 g/mol. The topological polar surface area (TPSA) is 137 Å². The van der Waals surface area contributed by atoms with Crippen molar-refractivity contribution >= 4 is 27.3 Å². The summed E-state index contributed by atoms with van der Waals surface area (Å²) in [5.41, 5.74) is -0.405. The molecule has 1 aliphatic heterocycles. The minimum Gasteiger partial charge on any atom is -0.493 e. The number of ether oxygens (including phenoxy) is 3. The van der Waals surface area contributed by atoms with Gasteiger partial charge in [-0.2, -0.15) is 4.31 Å². The second kappa shape index (κ2) is 11.3. The highest BCUT2D eigenvalue weighted by Crippen LogP contribution is 2.35. The van der Waals surface area contributed by atoms with Crippen LogP contribution in [0.25, 0.3) is 0 Å². The van der Waals surface area contributed by atoms with Crippen LogP contribution in [0.3, 0.4) is 0 Å². The van der Waals surface area contributed by atoms with Crippen LogP contribution in [0.1, 0.15) is 29.6 Å². The Hall–Kier alpha value is -3.22. The van der Waals surface area contributed by atoms with Crippen LogP contribution in [0.15, 0.2) is 41.3 Å². The fraction of sp³-hybridized carbons (Fsp3) is 0.409. The summed E-state index contributed by atoms with van der Waals surface area (Å²) < 4.78 is 42.6. The predicted octanol–water partition coefficient (Wildman–Crippen LogP) is 3.06. The number of methoxy groups -OCH3 is 2. The van der Waals surface area contributed by atoms with Crippen molar-refractivity contribution in [2.24, 2.45) is 0 Å². The first-order chi connectivity index (χ1) is 16.3. The van der Waals surface area contributed by atoms with Crippen molar-refractivity contribution in [3.05, 3.63) is 52.1 Å². The summed E-state index contributed by atoms with van der Waals surface area (Å²) in [4.78, 5) is 23.9. The van der Waals surface area contributed by atoms with E-state index in [1.54, 1.807) is 0 Å². The van der Waals surface area contributed by atoms with Crippen molar-refractivity contribution in [1.82, 2.24) is 4.31 Å². The molecule has 0 saturated carbocycles. The van der Waals surface area contributed by atoms with E-state index < -0.39 is 26.5 Å². The van der Waals surface area contributed by atoms with Gasteiger partial charge in [-0.1, -0.05) is 6.42 Å². The molecule has 0 atom stereocenters. The van der Waals surface area contributed by atoms with Gasteiger partial charge in [0.25, 0.3) is 11.6 Å². The maximum absolute atomic E-state index is 12.8. The number of rotatable bonds is 10. The Morgan fingerprint density at radius 3 is 2.32 bits per heavy atom. The molecule has 0 spiro atoms. The van der Waals surface area contributed by atoms with Crippen molar-refractivity contribution in [2.75, 3.05) is 45.8 Å². The molecule has 2 aromatic carbocycles. The predicted molar refractivity (Wildman–Crippen MR) is 124 cm³/mol. The number of nitro groups is 1. The molecule has 1 amide bonds. The Labute approximate surface area is 197 Å². The fourth-order valence-corrected chi connectivity index (χ4v) is 5.07. The fourth-order valence-electron chi connectivity index (χ4n) is 3.55. The first kappa shape index (κ1) is 25.4. The van der Waals surface area contributed by atoms with Crippen LogP contribution < -0.4 is 14.8 Å². The van der Waals surface area contributed by atoms with Gasteiger partial charge in [-0.05, 0) is 37.1 Å². The number of hydrogen-bond acceptors (Lipinski definition) is 8. The van der Waals surface area contributed by atoms with Crippen molar-refractivity contribution in [2.45, 2.75) is 24.2 Å². The minimum absolute atomic E-state index is 0.107. The molecule has 1 fully saturated rings. The van der Waals surface area contributed by atoms with Gasteiger partial charge in [0, 0.05) is 32.0 Å². The lowest BCUT2D eigenvalue weighted by Gasteiger charge is -2.25. The summed E-state index contributed by atoms with van der Waals surface area (Å²) in [6, 6.07) is 8.05. The molecule has 1 heterocycles. The Kier molecular flexibility index (Phi) is 8.42. The van der Waals surface area contributed by atoms with Crippen LogP contribution in [0, 0.1) is 10.1 Å². The van der Waals surface area contributed by atoms with Crippen LogP contribution in [0.2, 0.25) is 0 Å². The zero-order valence-corrected chi connectivity index (χ0v) is 19.8. The first-order valence-corrected chi connectivity index (χ1v) is 12.1. The van der Waals surface area contributed by atoms with E-state index in [9.17, 15) is 23.3 Å². The summed E-state index contributed by atoms with van der Waals surface area (Å²) in [5, 5.41) is 14.2. The highest BCUT2D eigenvalue weighted by molar-refractivity contribution is 7.89. The van der Waals surface area contributed by atoms with Crippen LogP contribution in [-0.2, 0) is 14.8 Å². The molecule has 0 unspecified atom stereocenters. The standard InChI is InChI=1S/C22H27N3O8S/c1-31-12-13-33-21-15-19(25(27)28)18(14-20(21)32-2)22(26)23-16-6-8-17(9-7-16)34(29,30)24-10-4-3-5-11-24/h6-9,14-15H,3-5,10-13H2,1-2H3,(H,23,26). The smallest absolute Gasteiger partial charge is 0.286 e. The molecule has 2 aromatic rings. The second-order valence-corrected chi connectivity index (χ2v) is 9.50. The zero-order valence-electron chi connectivity index (χ0n) is 19.0.